The molecule has 0 atom stereocenters. The largest absolute Gasteiger partial charge is 0.359 e. The molecule has 0 spiro atoms. The zero-order chi connectivity index (χ0) is 20.2. The summed E-state index contributed by atoms with van der Waals surface area (Å²) >= 11 is 1.71. The highest BCUT2D eigenvalue weighted by molar-refractivity contribution is 7.21. The molecule has 1 aliphatic rings. The number of aromatic nitrogens is 2. The van der Waals surface area contributed by atoms with Crippen molar-refractivity contribution < 1.29 is 4.79 Å². The van der Waals surface area contributed by atoms with Crippen molar-refractivity contribution in [3.05, 3.63) is 42.7 Å². The van der Waals surface area contributed by atoms with E-state index in [0.717, 1.165) is 48.5 Å². The van der Waals surface area contributed by atoms with Gasteiger partial charge >= 0.3 is 0 Å². The van der Waals surface area contributed by atoms with Crippen LogP contribution in [0.2, 0.25) is 0 Å². The van der Waals surface area contributed by atoms with E-state index in [1.54, 1.807) is 24.7 Å². The minimum absolute atomic E-state index is 0.0932. The van der Waals surface area contributed by atoms with Gasteiger partial charge in [-0.25, -0.2) is 9.97 Å². The van der Waals surface area contributed by atoms with Gasteiger partial charge in [-0.05, 0) is 43.5 Å². The fraction of sp³-hybridized carbons (Fsp3) is 0.409. The van der Waals surface area contributed by atoms with E-state index < -0.39 is 0 Å². The predicted octanol–water partition coefficient (Wildman–Crippen LogP) is 3.25. The van der Waals surface area contributed by atoms with E-state index in [1.807, 2.05) is 6.07 Å². The van der Waals surface area contributed by atoms with Gasteiger partial charge in [0.2, 0.25) is 5.91 Å². The number of anilines is 1. The van der Waals surface area contributed by atoms with Crippen molar-refractivity contribution in [1.29, 1.82) is 0 Å². The first-order chi connectivity index (χ1) is 14.1. The Bertz CT molecular complexity index is 966. The highest BCUT2D eigenvalue weighted by Crippen LogP contribution is 2.36. The number of likely N-dealkylation sites (N-methyl/N-ethyl adjacent to an activating group) is 1. The van der Waals surface area contributed by atoms with E-state index in [-0.39, 0.29) is 5.91 Å². The Morgan fingerprint density at radius 1 is 1.24 bits per heavy atom. The van der Waals surface area contributed by atoms with Gasteiger partial charge in [0.15, 0.2) is 0 Å². The Balaban J connectivity index is 1.45. The molecule has 0 radical (unpaired) electrons. The standard InChI is InChI=1S/C22H27N5OS/c1-23-20(28)14-27-10-8-16(9-11-27)13-26(2)21-18-12-19(17-6-4-3-5-7-17)29-22(18)25-15-24-21/h3-7,12,15-16H,8-11,13-14H2,1-2H3,(H,23,28). The van der Waals surface area contributed by atoms with E-state index >= 15 is 0 Å². The summed E-state index contributed by atoms with van der Waals surface area (Å²) in [6, 6.07) is 12.6. The maximum Gasteiger partial charge on any atom is 0.233 e. The quantitative estimate of drug-likeness (QED) is 0.677. The van der Waals surface area contributed by atoms with Crippen LogP contribution >= 0.6 is 11.3 Å². The molecule has 0 unspecified atom stereocenters. The molecule has 1 aromatic carbocycles. The van der Waals surface area contributed by atoms with Crippen molar-refractivity contribution in [2.75, 3.05) is 45.2 Å². The Hall–Kier alpha value is -2.51. The Morgan fingerprint density at radius 2 is 2.00 bits per heavy atom. The second-order valence-electron chi connectivity index (χ2n) is 7.67. The zero-order valence-corrected chi connectivity index (χ0v) is 17.8. The topological polar surface area (TPSA) is 61.4 Å². The lowest BCUT2D eigenvalue weighted by molar-refractivity contribution is -0.122. The number of amides is 1. The molecule has 7 heteroatoms. The summed E-state index contributed by atoms with van der Waals surface area (Å²) in [5.41, 5.74) is 1.22. The number of nitrogens with one attached hydrogen (secondary N) is 1. The molecule has 29 heavy (non-hydrogen) atoms. The maximum absolute atomic E-state index is 11.6. The minimum atomic E-state index is 0.0932. The average Bonchev–Trinajstić information content (AvgIpc) is 3.20. The number of fused-ring (bicyclic) bond motifs is 1. The molecule has 6 nitrogen and oxygen atoms in total. The van der Waals surface area contributed by atoms with Crippen LogP contribution in [0.5, 0.6) is 0 Å². The average molecular weight is 410 g/mol. The molecule has 152 valence electrons. The predicted molar refractivity (Wildman–Crippen MR) is 119 cm³/mol. The van der Waals surface area contributed by atoms with Crippen molar-refractivity contribution in [3.8, 4) is 10.4 Å². The van der Waals surface area contributed by atoms with Gasteiger partial charge in [-0.1, -0.05) is 30.3 Å². The van der Waals surface area contributed by atoms with Crippen molar-refractivity contribution in [1.82, 2.24) is 20.2 Å². The van der Waals surface area contributed by atoms with Crippen LogP contribution in [0.15, 0.2) is 42.7 Å². The maximum atomic E-state index is 11.6. The van der Waals surface area contributed by atoms with E-state index in [1.165, 1.54) is 10.4 Å². The summed E-state index contributed by atoms with van der Waals surface area (Å²) in [5, 5.41) is 3.83. The molecule has 3 aromatic rings. The van der Waals surface area contributed by atoms with Crippen molar-refractivity contribution in [3.63, 3.8) is 0 Å². The molecule has 1 N–H and O–H groups in total. The fourth-order valence-electron chi connectivity index (χ4n) is 3.97. The molecule has 0 bridgehead atoms. The number of hydrogen-bond donors (Lipinski definition) is 1. The summed E-state index contributed by atoms with van der Waals surface area (Å²) in [6.45, 7) is 3.42. The van der Waals surface area contributed by atoms with Gasteiger partial charge in [-0.15, -0.1) is 11.3 Å². The number of benzene rings is 1. The molecule has 0 saturated carbocycles. The molecule has 3 heterocycles. The number of carbonyl (C=O) groups is 1. The number of thiophene rings is 1. The molecule has 1 saturated heterocycles. The van der Waals surface area contributed by atoms with Gasteiger partial charge in [0.05, 0.1) is 11.9 Å². The Kier molecular flexibility index (Phi) is 6.06. The molecule has 1 aliphatic heterocycles. The van der Waals surface area contributed by atoms with Crippen LogP contribution in [0.1, 0.15) is 12.8 Å². The van der Waals surface area contributed by atoms with Crippen molar-refractivity contribution in [2.45, 2.75) is 12.8 Å². The van der Waals surface area contributed by atoms with Gasteiger partial charge in [0.1, 0.15) is 17.0 Å². The van der Waals surface area contributed by atoms with Gasteiger partial charge in [-0.3, -0.25) is 9.69 Å². The SMILES string of the molecule is CNC(=O)CN1CCC(CN(C)c2ncnc3sc(-c4ccccc4)cc23)CC1. The molecule has 0 aliphatic carbocycles. The van der Waals surface area contributed by atoms with Gasteiger partial charge in [0, 0.05) is 25.5 Å². The van der Waals surface area contributed by atoms with Crippen LogP contribution in [0.25, 0.3) is 20.7 Å². The lowest BCUT2D eigenvalue weighted by Crippen LogP contribution is -2.42. The van der Waals surface area contributed by atoms with Gasteiger partial charge < -0.3 is 10.2 Å². The molecule has 2 aromatic heterocycles. The smallest absolute Gasteiger partial charge is 0.233 e. The van der Waals surface area contributed by atoms with Gasteiger partial charge in [-0.2, -0.15) is 0 Å². The number of hydrogen-bond acceptors (Lipinski definition) is 6. The number of likely N-dealkylation sites (tertiary alicyclic amines) is 1. The van der Waals surface area contributed by atoms with E-state index in [2.05, 4.69) is 62.5 Å². The van der Waals surface area contributed by atoms with Crippen molar-refractivity contribution in [2.24, 2.45) is 5.92 Å². The summed E-state index contributed by atoms with van der Waals surface area (Å²) in [4.78, 5) is 27.4. The fourth-order valence-corrected chi connectivity index (χ4v) is 4.97. The van der Waals surface area contributed by atoms with Crippen LogP contribution < -0.4 is 10.2 Å². The first kappa shape index (κ1) is 19.8. The summed E-state index contributed by atoms with van der Waals surface area (Å²) in [5.74, 6) is 1.70. The molecule has 1 fully saturated rings. The Morgan fingerprint density at radius 3 is 2.72 bits per heavy atom. The van der Waals surface area contributed by atoms with Crippen LogP contribution in [0.4, 0.5) is 5.82 Å². The number of carbonyl (C=O) groups excluding carboxylic acids is 1. The first-order valence-electron chi connectivity index (χ1n) is 10.1. The molecule has 1 amide bonds. The highest BCUT2D eigenvalue weighted by Gasteiger charge is 2.23. The number of nitrogens with zero attached hydrogens (tertiary/aromatic N) is 4. The van der Waals surface area contributed by atoms with Crippen LogP contribution in [0.3, 0.4) is 0 Å². The number of rotatable bonds is 6. The molecule has 4 rings (SSSR count). The third-order valence-corrected chi connectivity index (χ3v) is 6.71. The lowest BCUT2D eigenvalue weighted by atomic mass is 9.96. The number of piperidine rings is 1. The van der Waals surface area contributed by atoms with Crippen LogP contribution in [0, 0.1) is 5.92 Å². The summed E-state index contributed by atoms with van der Waals surface area (Å²) in [6.07, 6.45) is 3.88. The highest BCUT2D eigenvalue weighted by atomic mass is 32.1. The Labute approximate surface area is 175 Å². The molecular formula is C22H27N5OS. The van der Waals surface area contributed by atoms with E-state index in [0.29, 0.717) is 12.5 Å². The van der Waals surface area contributed by atoms with Crippen LogP contribution in [-0.2, 0) is 4.79 Å². The first-order valence-corrected chi connectivity index (χ1v) is 10.9. The summed E-state index contributed by atoms with van der Waals surface area (Å²) in [7, 11) is 3.82. The lowest BCUT2D eigenvalue weighted by Gasteiger charge is -2.33. The van der Waals surface area contributed by atoms with Crippen molar-refractivity contribution >= 4 is 33.3 Å². The third kappa shape index (κ3) is 4.57. The second-order valence-corrected chi connectivity index (χ2v) is 8.70. The van der Waals surface area contributed by atoms with Crippen LogP contribution in [-0.4, -0.2) is 61.0 Å². The third-order valence-electron chi connectivity index (χ3n) is 5.61. The normalized spacial score (nSPS) is 15.5. The monoisotopic (exact) mass is 409 g/mol. The van der Waals surface area contributed by atoms with Gasteiger partial charge in [0.25, 0.3) is 0 Å². The molecular weight excluding hydrogens is 382 g/mol. The zero-order valence-electron chi connectivity index (χ0n) is 17.0. The van der Waals surface area contributed by atoms with E-state index in [9.17, 15) is 4.79 Å². The minimum Gasteiger partial charge on any atom is -0.359 e. The van der Waals surface area contributed by atoms with E-state index in [4.69, 9.17) is 0 Å². The second kappa shape index (κ2) is 8.88. The summed E-state index contributed by atoms with van der Waals surface area (Å²) < 4.78 is 0.